The van der Waals surface area contributed by atoms with Crippen molar-refractivity contribution in [2.24, 2.45) is 0 Å². The van der Waals surface area contributed by atoms with Crippen LogP contribution < -0.4 is 10.1 Å². The van der Waals surface area contributed by atoms with E-state index in [0.29, 0.717) is 28.9 Å². The number of hydrogen-bond acceptors (Lipinski definition) is 3. The van der Waals surface area contributed by atoms with E-state index in [1.54, 1.807) is 55.6 Å². The summed E-state index contributed by atoms with van der Waals surface area (Å²) in [7, 11) is 1.57. The summed E-state index contributed by atoms with van der Waals surface area (Å²) in [5.74, 6) is 0.327. The largest absolute Gasteiger partial charge is 0.497 e. The zero-order chi connectivity index (χ0) is 16.4. The molecule has 0 radical (unpaired) electrons. The molecule has 3 rings (SSSR count). The molecule has 2 N–H and O–H groups in total. The van der Waals surface area contributed by atoms with E-state index in [0.717, 1.165) is 0 Å². The number of carbonyl (C=O) groups is 1. The zero-order valence-electron chi connectivity index (χ0n) is 12.7. The van der Waals surface area contributed by atoms with Gasteiger partial charge in [0.25, 0.3) is 5.91 Å². The maximum Gasteiger partial charge on any atom is 0.251 e. The van der Waals surface area contributed by atoms with Crippen LogP contribution in [0.3, 0.4) is 0 Å². The van der Waals surface area contributed by atoms with Gasteiger partial charge in [-0.25, -0.2) is 4.39 Å². The van der Waals surface area contributed by atoms with Gasteiger partial charge in [0.2, 0.25) is 0 Å². The van der Waals surface area contributed by atoms with Crippen molar-refractivity contribution in [2.45, 2.75) is 24.7 Å². The Morgan fingerprint density at radius 3 is 2.52 bits per heavy atom. The lowest BCUT2D eigenvalue weighted by Crippen LogP contribution is -2.28. The summed E-state index contributed by atoms with van der Waals surface area (Å²) in [6, 6.07) is 13.4. The van der Waals surface area contributed by atoms with E-state index in [9.17, 15) is 14.3 Å². The third-order valence-corrected chi connectivity index (χ3v) is 3.96. The summed E-state index contributed by atoms with van der Waals surface area (Å²) < 4.78 is 18.1. The fourth-order valence-electron chi connectivity index (χ4n) is 2.47. The zero-order valence-corrected chi connectivity index (χ0v) is 12.7. The Balaban J connectivity index is 1.84. The number of ether oxygens (including phenoxy) is 1. The highest BCUT2D eigenvalue weighted by Gasteiger charge is 2.39. The first kappa shape index (κ1) is 15.5. The summed E-state index contributed by atoms with van der Waals surface area (Å²) in [6.45, 7) is 0. The van der Waals surface area contributed by atoms with Crippen LogP contribution in [-0.4, -0.2) is 30.3 Å². The highest BCUT2D eigenvalue weighted by Crippen LogP contribution is 2.28. The molecule has 5 heteroatoms. The van der Waals surface area contributed by atoms with Crippen LogP contribution in [0.25, 0.3) is 0 Å². The van der Waals surface area contributed by atoms with Gasteiger partial charge in [-0.05, 0) is 29.3 Å². The lowest BCUT2D eigenvalue weighted by atomic mass is 9.96. The number of carbonyl (C=O) groups excluding carboxylic acids is 1. The number of benzene rings is 2. The van der Waals surface area contributed by atoms with Gasteiger partial charge in [0.15, 0.2) is 0 Å². The van der Waals surface area contributed by atoms with Gasteiger partial charge in [0, 0.05) is 12.0 Å². The smallest absolute Gasteiger partial charge is 0.251 e. The number of halogens is 1. The van der Waals surface area contributed by atoms with Crippen LogP contribution in [0.15, 0.2) is 48.5 Å². The molecule has 2 aromatic rings. The molecule has 4 nitrogen and oxygen atoms in total. The quantitative estimate of drug-likeness (QED) is 0.892. The van der Waals surface area contributed by atoms with Crippen molar-refractivity contribution in [3.05, 3.63) is 65.2 Å². The van der Waals surface area contributed by atoms with Crippen molar-refractivity contribution < 1.29 is 19.0 Å². The second-order valence-electron chi connectivity index (χ2n) is 5.59. The monoisotopic (exact) mass is 315 g/mol. The lowest BCUT2D eigenvalue weighted by molar-refractivity contribution is 0.0942. The first-order valence-electron chi connectivity index (χ1n) is 7.46. The van der Waals surface area contributed by atoms with Gasteiger partial charge in [0.1, 0.15) is 18.0 Å². The molecule has 0 saturated heterocycles. The molecule has 1 amide bonds. The summed E-state index contributed by atoms with van der Waals surface area (Å²) in [5.41, 5.74) is 1.50. The molecule has 120 valence electrons. The molecule has 0 spiro atoms. The minimum atomic E-state index is -0.961. The number of methoxy groups -OCH3 is 1. The van der Waals surface area contributed by atoms with E-state index in [1.807, 2.05) is 0 Å². The molecule has 1 fully saturated rings. The van der Waals surface area contributed by atoms with Gasteiger partial charge < -0.3 is 15.2 Å². The lowest BCUT2D eigenvalue weighted by Gasteiger charge is -2.16. The molecular weight excluding hydrogens is 297 g/mol. The van der Waals surface area contributed by atoms with Gasteiger partial charge in [0.05, 0.1) is 13.2 Å². The number of hydrogen-bond donors (Lipinski definition) is 2. The van der Waals surface area contributed by atoms with Crippen LogP contribution in [0.5, 0.6) is 5.75 Å². The first-order chi connectivity index (χ1) is 11.1. The van der Waals surface area contributed by atoms with Crippen molar-refractivity contribution in [2.75, 3.05) is 7.11 Å². The van der Waals surface area contributed by atoms with Crippen LogP contribution in [0.4, 0.5) is 4.39 Å². The van der Waals surface area contributed by atoms with E-state index in [-0.39, 0.29) is 5.91 Å². The predicted molar refractivity (Wildman–Crippen MR) is 84.3 cm³/mol. The van der Waals surface area contributed by atoms with Gasteiger partial charge in [-0.2, -0.15) is 0 Å². The number of alkyl halides is 1. The Bertz CT molecular complexity index is 702. The topological polar surface area (TPSA) is 58.6 Å². The van der Waals surface area contributed by atoms with Crippen molar-refractivity contribution in [3.8, 4) is 5.75 Å². The highest BCUT2D eigenvalue weighted by molar-refractivity contribution is 5.96. The van der Waals surface area contributed by atoms with E-state index >= 15 is 0 Å². The van der Waals surface area contributed by atoms with Gasteiger partial charge in [-0.15, -0.1) is 0 Å². The normalized spacial score (nSPS) is 20.7. The molecule has 1 saturated carbocycles. The van der Waals surface area contributed by atoms with E-state index < -0.39 is 18.3 Å². The Morgan fingerprint density at radius 1 is 1.26 bits per heavy atom. The molecule has 0 bridgehead atoms. The first-order valence-corrected chi connectivity index (χ1v) is 7.46. The van der Waals surface area contributed by atoms with Crippen molar-refractivity contribution >= 4 is 5.91 Å². The Morgan fingerprint density at radius 2 is 1.91 bits per heavy atom. The number of rotatable bonds is 5. The van der Waals surface area contributed by atoms with Crippen LogP contribution in [0, 0.1) is 0 Å². The number of nitrogens with one attached hydrogen (secondary N) is 1. The highest BCUT2D eigenvalue weighted by atomic mass is 19.1. The van der Waals surface area contributed by atoms with Gasteiger partial charge in [-0.3, -0.25) is 4.79 Å². The van der Waals surface area contributed by atoms with E-state index in [1.165, 1.54) is 0 Å². The fourth-order valence-corrected chi connectivity index (χ4v) is 2.47. The van der Waals surface area contributed by atoms with E-state index in [4.69, 9.17) is 4.74 Å². The maximum atomic E-state index is 13.0. The minimum Gasteiger partial charge on any atom is -0.497 e. The standard InChI is InChI=1S/C18H18FNO3/c1-23-12-8-6-11(7-9-12)17(21)13-4-2-3-5-14(13)18(22)20-16-10-15(16)19/h2-9,15-17,21H,10H2,1H3,(H,20,22)/t15-,16?,17?/m1/s1. The SMILES string of the molecule is COc1ccc(C(O)c2ccccc2C(=O)NC2C[C@H]2F)cc1. The molecular formula is C18H18FNO3. The fraction of sp³-hybridized carbons (Fsp3) is 0.278. The average molecular weight is 315 g/mol. The van der Waals surface area contributed by atoms with Crippen LogP contribution in [-0.2, 0) is 0 Å². The van der Waals surface area contributed by atoms with Crippen LogP contribution >= 0.6 is 0 Å². The van der Waals surface area contributed by atoms with E-state index in [2.05, 4.69) is 5.32 Å². The molecule has 2 aromatic carbocycles. The molecule has 1 aliphatic carbocycles. The van der Waals surface area contributed by atoms with Crippen LogP contribution in [0.1, 0.15) is 34.0 Å². The molecule has 1 aliphatic rings. The molecule has 23 heavy (non-hydrogen) atoms. The van der Waals surface area contributed by atoms with Gasteiger partial charge in [-0.1, -0.05) is 30.3 Å². The summed E-state index contributed by atoms with van der Waals surface area (Å²) >= 11 is 0. The van der Waals surface area contributed by atoms with Gasteiger partial charge >= 0.3 is 0 Å². The Labute approximate surface area is 133 Å². The van der Waals surface area contributed by atoms with Crippen molar-refractivity contribution in [1.29, 1.82) is 0 Å². The third kappa shape index (κ3) is 3.35. The molecule has 2 unspecified atom stereocenters. The summed E-state index contributed by atoms with van der Waals surface area (Å²) in [6.07, 6.45) is -1.55. The molecule has 0 aliphatic heterocycles. The number of aliphatic hydroxyl groups is 1. The molecule has 3 atom stereocenters. The minimum absolute atomic E-state index is 0.356. The Hall–Kier alpha value is -2.40. The summed E-state index contributed by atoms with van der Waals surface area (Å²) in [4.78, 5) is 12.3. The predicted octanol–water partition coefficient (Wildman–Crippen LogP) is 2.62. The van der Waals surface area contributed by atoms with Crippen LogP contribution in [0.2, 0.25) is 0 Å². The Kier molecular flexibility index (Phi) is 4.30. The molecule has 0 heterocycles. The second-order valence-corrected chi connectivity index (χ2v) is 5.59. The summed E-state index contributed by atoms with van der Waals surface area (Å²) in [5, 5.41) is 13.2. The van der Waals surface area contributed by atoms with Crippen molar-refractivity contribution in [1.82, 2.24) is 5.32 Å². The third-order valence-electron chi connectivity index (χ3n) is 3.96. The maximum absolute atomic E-state index is 13.0. The average Bonchev–Trinajstić information content (AvgIpc) is 3.29. The van der Waals surface area contributed by atoms with Crippen molar-refractivity contribution in [3.63, 3.8) is 0 Å². The number of aliphatic hydroxyl groups excluding tert-OH is 1. The second kappa shape index (κ2) is 6.38. The number of amides is 1. The molecule has 0 aromatic heterocycles.